The molecule has 20 heavy (non-hydrogen) atoms. The van der Waals surface area contributed by atoms with E-state index in [1.165, 1.54) is 0 Å². The van der Waals surface area contributed by atoms with Crippen LogP contribution in [0.3, 0.4) is 0 Å². The molecule has 1 heterocycles. The van der Waals surface area contributed by atoms with Crippen LogP contribution in [0.4, 0.5) is 5.69 Å². The summed E-state index contributed by atoms with van der Waals surface area (Å²) in [6.45, 7) is 7.70. The zero-order valence-corrected chi connectivity index (χ0v) is 12.7. The van der Waals surface area contributed by atoms with E-state index >= 15 is 0 Å². The van der Waals surface area contributed by atoms with Gasteiger partial charge in [-0.05, 0) is 32.9 Å². The van der Waals surface area contributed by atoms with Crippen LogP contribution in [0.15, 0.2) is 30.3 Å². The molecule has 0 radical (unpaired) electrons. The van der Waals surface area contributed by atoms with Gasteiger partial charge in [0.05, 0.1) is 18.2 Å². The molecule has 1 aromatic carbocycles. The van der Waals surface area contributed by atoms with E-state index in [1.54, 1.807) is 4.90 Å². The van der Waals surface area contributed by atoms with E-state index in [0.717, 1.165) is 18.8 Å². The van der Waals surface area contributed by atoms with Crippen LogP contribution < -0.4 is 4.90 Å². The number of rotatable bonds is 3. The van der Waals surface area contributed by atoms with Gasteiger partial charge in [0.15, 0.2) is 0 Å². The monoisotopic (exact) mass is 276 g/mol. The third-order valence-corrected chi connectivity index (χ3v) is 3.83. The molecule has 3 unspecified atom stereocenters. The number of hydrogen-bond acceptors (Lipinski definition) is 3. The maximum absolute atomic E-state index is 12.6. The highest BCUT2D eigenvalue weighted by molar-refractivity contribution is 5.96. The number of nitrogens with zero attached hydrogens (tertiary/aromatic N) is 2. The summed E-state index contributed by atoms with van der Waals surface area (Å²) < 4.78 is 5.72. The highest BCUT2D eigenvalue weighted by Gasteiger charge is 2.30. The summed E-state index contributed by atoms with van der Waals surface area (Å²) in [4.78, 5) is 16.5. The summed E-state index contributed by atoms with van der Waals surface area (Å²) in [6.07, 6.45) is 0.354. The second kappa shape index (κ2) is 6.37. The van der Waals surface area contributed by atoms with Gasteiger partial charge in [0.1, 0.15) is 0 Å². The molecule has 0 saturated carbocycles. The fraction of sp³-hybridized carbons (Fsp3) is 0.562. The summed E-state index contributed by atoms with van der Waals surface area (Å²) in [5.74, 6) is 0.123. The van der Waals surface area contributed by atoms with Crippen LogP contribution in [0.25, 0.3) is 0 Å². The zero-order chi connectivity index (χ0) is 14.7. The largest absolute Gasteiger partial charge is 0.373 e. The van der Waals surface area contributed by atoms with Gasteiger partial charge in [0.25, 0.3) is 0 Å². The number of anilines is 1. The van der Waals surface area contributed by atoms with E-state index in [0.29, 0.717) is 0 Å². The van der Waals surface area contributed by atoms with Gasteiger partial charge < -0.3 is 9.64 Å². The lowest BCUT2D eigenvalue weighted by Crippen LogP contribution is -2.54. The number of carbonyl (C=O) groups is 1. The molecule has 0 bridgehead atoms. The maximum Gasteiger partial charge on any atom is 0.243 e. The fourth-order valence-corrected chi connectivity index (χ4v) is 2.75. The number of amides is 1. The Morgan fingerprint density at radius 1 is 1.25 bits per heavy atom. The Balaban J connectivity index is 2.04. The van der Waals surface area contributed by atoms with Gasteiger partial charge in [0, 0.05) is 25.8 Å². The Labute approximate surface area is 121 Å². The first kappa shape index (κ1) is 15.0. The van der Waals surface area contributed by atoms with Crippen molar-refractivity contribution < 1.29 is 9.53 Å². The predicted molar refractivity (Wildman–Crippen MR) is 80.9 cm³/mol. The van der Waals surface area contributed by atoms with E-state index < -0.39 is 0 Å². The second-order valence-electron chi connectivity index (χ2n) is 5.62. The molecule has 110 valence electrons. The molecule has 0 aliphatic carbocycles. The summed E-state index contributed by atoms with van der Waals surface area (Å²) in [5, 5.41) is 0. The molecule has 1 saturated heterocycles. The Hall–Kier alpha value is -1.39. The van der Waals surface area contributed by atoms with Crippen LogP contribution in [0.1, 0.15) is 20.8 Å². The molecule has 1 amide bonds. The van der Waals surface area contributed by atoms with Gasteiger partial charge in [-0.2, -0.15) is 0 Å². The normalized spacial score (nSPS) is 25.2. The lowest BCUT2D eigenvalue weighted by Gasteiger charge is -2.39. The minimum atomic E-state index is -0.131. The van der Waals surface area contributed by atoms with Gasteiger partial charge in [-0.25, -0.2) is 0 Å². The Kier molecular flexibility index (Phi) is 4.78. The molecule has 0 N–H and O–H groups in total. The van der Waals surface area contributed by atoms with Crippen molar-refractivity contribution in [2.45, 2.75) is 39.0 Å². The molecule has 1 aliphatic heterocycles. The molecule has 3 atom stereocenters. The lowest BCUT2D eigenvalue weighted by molar-refractivity contribution is -0.129. The third-order valence-electron chi connectivity index (χ3n) is 3.83. The topological polar surface area (TPSA) is 32.8 Å². The summed E-state index contributed by atoms with van der Waals surface area (Å²) in [7, 11) is 1.83. The molecule has 4 nitrogen and oxygen atoms in total. The second-order valence-corrected chi connectivity index (χ2v) is 5.62. The van der Waals surface area contributed by atoms with Crippen molar-refractivity contribution in [1.29, 1.82) is 0 Å². The van der Waals surface area contributed by atoms with E-state index in [4.69, 9.17) is 4.74 Å². The number of benzene rings is 1. The maximum atomic E-state index is 12.6. The molecule has 2 rings (SSSR count). The van der Waals surface area contributed by atoms with Gasteiger partial charge in [-0.15, -0.1) is 0 Å². The van der Waals surface area contributed by atoms with Gasteiger partial charge in [-0.3, -0.25) is 9.69 Å². The van der Waals surface area contributed by atoms with Crippen LogP contribution in [-0.4, -0.2) is 49.2 Å². The standard InChI is InChI=1S/C16H24N2O2/c1-12-10-18(11-13(2)20-12)14(3)16(19)17(4)15-8-6-5-7-9-15/h5-9,12-14H,10-11H2,1-4H3. The molecule has 4 heteroatoms. The average molecular weight is 276 g/mol. The van der Waals surface area contributed by atoms with E-state index in [-0.39, 0.29) is 24.2 Å². The van der Waals surface area contributed by atoms with Crippen molar-refractivity contribution in [3.05, 3.63) is 30.3 Å². The minimum Gasteiger partial charge on any atom is -0.373 e. The molecular weight excluding hydrogens is 252 g/mol. The molecule has 1 aromatic rings. The lowest BCUT2D eigenvalue weighted by atomic mass is 10.1. The number of likely N-dealkylation sites (N-methyl/N-ethyl adjacent to an activating group) is 1. The van der Waals surface area contributed by atoms with E-state index in [2.05, 4.69) is 18.7 Å². The number of ether oxygens (including phenoxy) is 1. The van der Waals surface area contributed by atoms with E-state index in [1.807, 2.05) is 44.3 Å². The van der Waals surface area contributed by atoms with Crippen molar-refractivity contribution in [3.63, 3.8) is 0 Å². The van der Waals surface area contributed by atoms with Crippen molar-refractivity contribution in [2.75, 3.05) is 25.0 Å². The molecule has 0 spiro atoms. The Bertz CT molecular complexity index is 439. The summed E-state index contributed by atoms with van der Waals surface area (Å²) >= 11 is 0. The first-order valence-corrected chi connectivity index (χ1v) is 7.21. The number of morpholine rings is 1. The molecule has 0 aromatic heterocycles. The van der Waals surface area contributed by atoms with Crippen LogP contribution in [0.2, 0.25) is 0 Å². The van der Waals surface area contributed by atoms with Crippen molar-refractivity contribution in [3.8, 4) is 0 Å². The average Bonchev–Trinajstić information content (AvgIpc) is 2.45. The number of carbonyl (C=O) groups excluding carboxylic acids is 1. The first-order valence-electron chi connectivity index (χ1n) is 7.21. The molecular formula is C16H24N2O2. The predicted octanol–water partition coefficient (Wildman–Crippen LogP) is 2.15. The summed E-state index contributed by atoms with van der Waals surface area (Å²) in [6, 6.07) is 9.63. The number of hydrogen-bond donors (Lipinski definition) is 0. The zero-order valence-electron chi connectivity index (χ0n) is 12.7. The van der Waals surface area contributed by atoms with Crippen molar-refractivity contribution >= 4 is 11.6 Å². The van der Waals surface area contributed by atoms with Gasteiger partial charge in [0.2, 0.25) is 5.91 Å². The van der Waals surface area contributed by atoms with Crippen molar-refractivity contribution in [2.24, 2.45) is 0 Å². The highest BCUT2D eigenvalue weighted by atomic mass is 16.5. The van der Waals surface area contributed by atoms with Crippen LogP contribution in [0.5, 0.6) is 0 Å². The van der Waals surface area contributed by atoms with Gasteiger partial charge >= 0.3 is 0 Å². The number of para-hydroxylation sites is 1. The van der Waals surface area contributed by atoms with Crippen molar-refractivity contribution in [1.82, 2.24) is 4.90 Å². The van der Waals surface area contributed by atoms with E-state index in [9.17, 15) is 4.79 Å². The van der Waals surface area contributed by atoms with Gasteiger partial charge in [-0.1, -0.05) is 18.2 Å². The quantitative estimate of drug-likeness (QED) is 0.848. The fourth-order valence-electron chi connectivity index (χ4n) is 2.75. The van der Waals surface area contributed by atoms with Crippen LogP contribution in [-0.2, 0) is 9.53 Å². The SMILES string of the molecule is CC1CN(C(C)C(=O)N(C)c2ccccc2)CC(C)O1. The van der Waals surface area contributed by atoms with Crippen LogP contribution >= 0.6 is 0 Å². The summed E-state index contributed by atoms with van der Waals surface area (Å²) in [5.41, 5.74) is 0.929. The smallest absolute Gasteiger partial charge is 0.243 e. The van der Waals surface area contributed by atoms with Crippen LogP contribution in [0, 0.1) is 0 Å². The molecule has 1 fully saturated rings. The first-order chi connectivity index (χ1) is 9.49. The minimum absolute atomic E-state index is 0.123. The Morgan fingerprint density at radius 2 is 1.80 bits per heavy atom. The Morgan fingerprint density at radius 3 is 2.35 bits per heavy atom. The molecule has 1 aliphatic rings. The third kappa shape index (κ3) is 3.38. The highest BCUT2D eigenvalue weighted by Crippen LogP contribution is 2.17.